The van der Waals surface area contributed by atoms with Gasteiger partial charge in [0, 0.05) is 18.6 Å². The van der Waals surface area contributed by atoms with Crippen LogP contribution in [0.5, 0.6) is 0 Å². The summed E-state index contributed by atoms with van der Waals surface area (Å²) in [4.78, 5) is 14.2. The topological polar surface area (TPSA) is 29.5 Å². The van der Waals surface area contributed by atoms with E-state index in [0.717, 1.165) is 6.54 Å². The number of nitrogens with zero attached hydrogens (tertiary/aromatic N) is 1. The summed E-state index contributed by atoms with van der Waals surface area (Å²) >= 11 is 3.52. The largest absolute Gasteiger partial charge is 0.468 e. The zero-order chi connectivity index (χ0) is 14.4. The molecule has 2 aliphatic rings. The van der Waals surface area contributed by atoms with Gasteiger partial charge in [0.2, 0.25) is 0 Å². The van der Waals surface area contributed by atoms with Crippen LogP contribution in [0.25, 0.3) is 0 Å². The van der Waals surface area contributed by atoms with Crippen LogP contribution >= 0.6 is 15.9 Å². The molecule has 1 atom stereocenters. The van der Waals surface area contributed by atoms with Gasteiger partial charge in [0.1, 0.15) is 4.83 Å². The molecular weight excluding hydrogens is 318 g/mol. The van der Waals surface area contributed by atoms with Crippen molar-refractivity contribution in [2.45, 2.75) is 81.1 Å². The van der Waals surface area contributed by atoms with Crippen molar-refractivity contribution in [1.82, 2.24) is 4.90 Å². The molecule has 0 aromatic heterocycles. The molecule has 3 nitrogen and oxygen atoms in total. The Balaban J connectivity index is 1.99. The molecule has 0 aliphatic heterocycles. The van der Waals surface area contributed by atoms with Gasteiger partial charge < -0.3 is 4.74 Å². The van der Waals surface area contributed by atoms with E-state index < -0.39 is 0 Å². The summed E-state index contributed by atoms with van der Waals surface area (Å²) in [5, 5.41) is 0. The van der Waals surface area contributed by atoms with Gasteiger partial charge >= 0.3 is 5.97 Å². The molecule has 0 bridgehead atoms. The Hall–Kier alpha value is -0.0900. The minimum atomic E-state index is -0.184. The first-order valence-electron chi connectivity index (χ1n) is 8.20. The zero-order valence-corrected chi connectivity index (χ0v) is 14.2. The molecule has 2 aliphatic carbocycles. The Morgan fingerprint density at radius 1 is 1.05 bits per heavy atom. The second-order valence-electron chi connectivity index (χ2n) is 6.27. The Morgan fingerprint density at radius 2 is 1.50 bits per heavy atom. The van der Waals surface area contributed by atoms with E-state index >= 15 is 0 Å². The van der Waals surface area contributed by atoms with Gasteiger partial charge in [-0.3, -0.25) is 9.69 Å². The molecule has 0 aromatic carbocycles. The van der Waals surface area contributed by atoms with Crippen LogP contribution in [0.15, 0.2) is 0 Å². The molecule has 116 valence electrons. The van der Waals surface area contributed by atoms with Crippen LogP contribution in [0.4, 0.5) is 0 Å². The maximum Gasteiger partial charge on any atom is 0.320 e. The van der Waals surface area contributed by atoms with Gasteiger partial charge in [-0.05, 0) is 25.7 Å². The quantitative estimate of drug-likeness (QED) is 0.559. The predicted molar refractivity (Wildman–Crippen MR) is 85.2 cm³/mol. The van der Waals surface area contributed by atoms with E-state index in [4.69, 9.17) is 4.74 Å². The van der Waals surface area contributed by atoms with Crippen LogP contribution in [0, 0.1) is 0 Å². The van der Waals surface area contributed by atoms with Crippen molar-refractivity contribution in [3.05, 3.63) is 0 Å². The fraction of sp³-hybridized carbons (Fsp3) is 0.938. The minimum absolute atomic E-state index is 0.137. The Morgan fingerprint density at radius 3 is 1.90 bits per heavy atom. The number of hydrogen-bond acceptors (Lipinski definition) is 3. The number of hydrogen-bond donors (Lipinski definition) is 0. The maximum absolute atomic E-state index is 11.7. The number of alkyl halides is 1. The van der Waals surface area contributed by atoms with Gasteiger partial charge in [-0.15, -0.1) is 0 Å². The van der Waals surface area contributed by atoms with Crippen LogP contribution in [-0.4, -0.2) is 41.4 Å². The Bertz CT molecular complexity index is 281. The number of rotatable bonds is 5. The van der Waals surface area contributed by atoms with Gasteiger partial charge in [0.15, 0.2) is 0 Å². The van der Waals surface area contributed by atoms with Crippen LogP contribution in [0.2, 0.25) is 0 Å². The zero-order valence-electron chi connectivity index (χ0n) is 12.7. The third-order valence-corrected chi connectivity index (χ3v) is 5.58. The summed E-state index contributed by atoms with van der Waals surface area (Å²) in [6, 6.07) is 1.35. The van der Waals surface area contributed by atoms with Gasteiger partial charge in [0.05, 0.1) is 7.11 Å². The number of esters is 1. The Kier molecular flexibility index (Phi) is 6.82. The van der Waals surface area contributed by atoms with Crippen molar-refractivity contribution in [2.24, 2.45) is 0 Å². The van der Waals surface area contributed by atoms with Crippen molar-refractivity contribution in [2.75, 3.05) is 13.7 Å². The fourth-order valence-corrected chi connectivity index (χ4v) is 4.33. The first-order valence-corrected chi connectivity index (χ1v) is 9.11. The second kappa shape index (κ2) is 8.38. The van der Waals surface area contributed by atoms with Crippen molar-refractivity contribution < 1.29 is 9.53 Å². The normalized spacial score (nSPS) is 23.8. The highest BCUT2D eigenvalue weighted by Crippen LogP contribution is 2.30. The second-order valence-corrected chi connectivity index (χ2v) is 7.38. The van der Waals surface area contributed by atoms with Crippen LogP contribution in [-0.2, 0) is 9.53 Å². The molecule has 0 heterocycles. The minimum Gasteiger partial charge on any atom is -0.468 e. The van der Waals surface area contributed by atoms with Crippen molar-refractivity contribution in [3.63, 3.8) is 0 Å². The van der Waals surface area contributed by atoms with E-state index in [1.807, 2.05) is 0 Å². The molecule has 20 heavy (non-hydrogen) atoms. The lowest BCUT2D eigenvalue weighted by Gasteiger charge is -2.42. The lowest BCUT2D eigenvalue weighted by Crippen LogP contribution is -2.48. The van der Waals surface area contributed by atoms with Gasteiger partial charge in [0.25, 0.3) is 0 Å². The van der Waals surface area contributed by atoms with Crippen LogP contribution in [0.1, 0.15) is 64.2 Å². The standard InChI is InChI=1S/C16H28BrNO2/c1-20-16(19)15(17)12-18(13-8-4-2-5-9-13)14-10-6-3-7-11-14/h13-15H,2-12H2,1H3. The highest BCUT2D eigenvalue weighted by molar-refractivity contribution is 9.10. The van der Waals surface area contributed by atoms with E-state index in [1.54, 1.807) is 0 Å². The molecule has 1 unspecified atom stereocenters. The average Bonchev–Trinajstić information content (AvgIpc) is 2.53. The summed E-state index contributed by atoms with van der Waals surface area (Å²) in [7, 11) is 1.47. The highest BCUT2D eigenvalue weighted by Gasteiger charge is 2.31. The first-order chi connectivity index (χ1) is 9.72. The lowest BCUT2D eigenvalue weighted by atomic mass is 9.88. The van der Waals surface area contributed by atoms with Crippen LogP contribution < -0.4 is 0 Å². The predicted octanol–water partition coefficient (Wildman–Crippen LogP) is 3.89. The SMILES string of the molecule is COC(=O)C(Br)CN(C1CCCCC1)C1CCCCC1. The highest BCUT2D eigenvalue weighted by atomic mass is 79.9. The van der Waals surface area contributed by atoms with Crippen LogP contribution in [0.3, 0.4) is 0 Å². The average molecular weight is 346 g/mol. The maximum atomic E-state index is 11.7. The summed E-state index contributed by atoms with van der Waals surface area (Å²) in [6.45, 7) is 0.808. The third kappa shape index (κ3) is 4.45. The third-order valence-electron chi connectivity index (χ3n) is 4.92. The molecule has 0 N–H and O–H groups in total. The number of methoxy groups -OCH3 is 1. The molecule has 4 heteroatoms. The van der Waals surface area contributed by atoms with Gasteiger partial charge in [-0.25, -0.2) is 0 Å². The monoisotopic (exact) mass is 345 g/mol. The lowest BCUT2D eigenvalue weighted by molar-refractivity contribution is -0.140. The summed E-state index contributed by atoms with van der Waals surface area (Å²) < 4.78 is 4.88. The number of carbonyl (C=O) groups excluding carboxylic acids is 1. The van der Waals surface area contributed by atoms with Gasteiger partial charge in [-0.1, -0.05) is 54.5 Å². The number of ether oxygens (including phenoxy) is 1. The van der Waals surface area contributed by atoms with E-state index in [0.29, 0.717) is 12.1 Å². The van der Waals surface area contributed by atoms with Gasteiger partial charge in [-0.2, -0.15) is 0 Å². The summed E-state index contributed by atoms with van der Waals surface area (Å²) in [6.07, 6.45) is 13.4. The number of carbonyl (C=O) groups is 1. The first kappa shape index (κ1) is 16.3. The van der Waals surface area contributed by atoms with E-state index in [1.165, 1.54) is 71.3 Å². The van der Waals surface area contributed by atoms with Crippen molar-refractivity contribution in [1.29, 1.82) is 0 Å². The molecule has 0 aromatic rings. The van der Waals surface area contributed by atoms with E-state index in [2.05, 4.69) is 20.8 Å². The summed E-state index contributed by atoms with van der Waals surface area (Å²) in [5.74, 6) is -0.137. The molecule has 0 saturated heterocycles. The Labute approximate surface area is 131 Å². The summed E-state index contributed by atoms with van der Waals surface area (Å²) in [5.41, 5.74) is 0. The van der Waals surface area contributed by atoms with Crippen molar-refractivity contribution >= 4 is 21.9 Å². The van der Waals surface area contributed by atoms with E-state index in [9.17, 15) is 4.79 Å². The van der Waals surface area contributed by atoms with E-state index in [-0.39, 0.29) is 10.8 Å². The molecular formula is C16H28BrNO2. The fourth-order valence-electron chi connectivity index (χ4n) is 3.81. The molecule has 2 fully saturated rings. The molecule has 0 radical (unpaired) electrons. The molecule has 0 amide bonds. The smallest absolute Gasteiger partial charge is 0.320 e. The molecule has 2 rings (SSSR count). The number of halogens is 1. The molecule has 0 spiro atoms. The molecule has 2 saturated carbocycles. The van der Waals surface area contributed by atoms with Crippen molar-refractivity contribution in [3.8, 4) is 0 Å².